The maximum Gasteiger partial charge on any atom is 0.271 e. The second-order valence-electron chi connectivity index (χ2n) is 29.1. The molecule has 32 nitrogen and oxygen atoms in total. The molecule has 0 unspecified atom stereocenters. The Bertz CT molecular complexity index is 7810. The molecule has 5 heterocycles. The summed E-state index contributed by atoms with van der Waals surface area (Å²) in [4.78, 5) is 36.2. The van der Waals surface area contributed by atoms with Gasteiger partial charge in [-0.25, -0.2) is 73.5 Å². The molecule has 0 atom stereocenters. The van der Waals surface area contributed by atoms with Gasteiger partial charge in [-0.05, 0) is 193 Å². The SMILES string of the molecule is COc1cc2ncnc(Nc3ccc(NS(=O)(=O)c4ccc(C)s4)cc3)c2cc1OC.COc1cc2ncnc(Nc3ccc(NS(=O)(=O)c4ccc5ccccc5c4)cc3)c2cc1OC.COc1cc2ncnc(Nc3ccc(NS(=O)(=O)c4cccc5ccccc45)cc3)c2cc1OC.COc1cc2ncnc(Nc3ccc(NS(=O)(=O)c4ccccc4C)cc3)c2cc1OC. The number of thiophene rings is 1. The molecule has 0 amide bonds. The fraction of sp³-hybridized carbons (Fsp3) is 0.104. The first kappa shape index (κ1) is 91.8. The Balaban J connectivity index is 0.000000136. The number of ether oxygens (including phenoxy) is 8. The van der Waals surface area contributed by atoms with Crippen LogP contribution in [0.4, 0.5) is 68.8 Å². The lowest BCUT2D eigenvalue weighted by Crippen LogP contribution is -2.14. The zero-order valence-electron chi connectivity index (χ0n) is 72.9. The summed E-state index contributed by atoms with van der Waals surface area (Å²) >= 11 is 1.23. The van der Waals surface area contributed by atoms with Gasteiger partial charge in [-0.1, -0.05) is 84.9 Å². The third kappa shape index (κ3) is 21.5. The van der Waals surface area contributed by atoms with Crippen LogP contribution in [0.5, 0.6) is 46.0 Å². The first-order chi connectivity index (χ1) is 64.2. The molecule has 0 spiro atoms. The largest absolute Gasteiger partial charge is 0.493 e. The number of methoxy groups -OCH3 is 8. The van der Waals surface area contributed by atoms with Crippen molar-refractivity contribution in [3.63, 3.8) is 0 Å². The second-order valence-corrected chi connectivity index (χ2v) is 37.3. The third-order valence-corrected chi connectivity index (χ3v) is 27.8. The zero-order chi connectivity index (χ0) is 93.6. The summed E-state index contributed by atoms with van der Waals surface area (Å²) in [5, 5.41) is 19.4. The van der Waals surface area contributed by atoms with Crippen molar-refractivity contribution in [1.82, 2.24) is 39.9 Å². The molecule has 0 aliphatic heterocycles. The van der Waals surface area contributed by atoms with Crippen LogP contribution in [0.1, 0.15) is 10.4 Å². The van der Waals surface area contributed by atoms with E-state index in [1.165, 1.54) is 36.6 Å². The van der Waals surface area contributed by atoms with Crippen LogP contribution < -0.4 is 78.1 Å². The van der Waals surface area contributed by atoms with E-state index in [2.05, 4.69) is 80.0 Å². The van der Waals surface area contributed by atoms with E-state index in [1.54, 1.807) is 264 Å². The van der Waals surface area contributed by atoms with Crippen molar-refractivity contribution < 1.29 is 71.6 Å². The van der Waals surface area contributed by atoms with Gasteiger partial charge in [-0.2, -0.15) is 0 Å². The lowest BCUT2D eigenvalue weighted by atomic mass is 10.1. The average Bonchev–Trinajstić information content (AvgIpc) is 1.30. The first-order valence-corrected chi connectivity index (χ1v) is 47.2. The van der Waals surface area contributed by atoms with Crippen LogP contribution >= 0.6 is 11.3 Å². The number of aryl methyl sites for hydroxylation is 2. The number of fused-ring (bicyclic) bond motifs is 6. The van der Waals surface area contributed by atoms with Gasteiger partial charge >= 0.3 is 0 Å². The van der Waals surface area contributed by atoms with E-state index < -0.39 is 40.1 Å². The predicted octanol–water partition coefficient (Wildman–Crippen LogP) is 19.8. The maximum atomic E-state index is 13.1. The summed E-state index contributed by atoms with van der Waals surface area (Å²) in [6, 6.07) is 77.6. The van der Waals surface area contributed by atoms with Gasteiger partial charge in [-0.3, -0.25) is 18.9 Å². The third-order valence-electron chi connectivity index (χ3n) is 20.6. The maximum absolute atomic E-state index is 13.1. The molecule has 0 aliphatic carbocycles. The van der Waals surface area contributed by atoms with Crippen molar-refractivity contribution >= 4 is 185 Å². The molecule has 13 aromatic carbocycles. The van der Waals surface area contributed by atoms with Crippen molar-refractivity contribution in [2.75, 3.05) is 97.0 Å². The molecule has 0 radical (unpaired) electrons. The first-order valence-electron chi connectivity index (χ1n) is 40.4. The summed E-state index contributed by atoms with van der Waals surface area (Å²) < 4.78 is 156. The highest BCUT2D eigenvalue weighted by Gasteiger charge is 2.24. The molecule has 0 saturated carbocycles. The predicted molar refractivity (Wildman–Crippen MR) is 521 cm³/mol. The molecule has 0 aliphatic rings. The molecule has 133 heavy (non-hydrogen) atoms. The number of nitrogens with zero attached hydrogens (tertiary/aromatic N) is 8. The summed E-state index contributed by atoms with van der Waals surface area (Å²) in [5.41, 5.74) is 8.22. The number of benzene rings is 13. The standard InChI is InChI=1S/2C26H22N4O4S.C23H22N4O4S.C21H20N4O4S2/c1-33-23-14-21-22(15-24(23)34-2)27-16-28-26(21)29-18-10-12-19(13-11-18)30-35(31,32)25-9-5-7-17-6-3-4-8-20(17)25;1-33-24-14-22-23(15-25(24)34-2)27-16-28-26(22)29-19-8-10-20(11-9-19)30-35(31,32)21-12-7-17-5-3-4-6-18(17)13-21;1-15-6-4-5-7-22(15)32(28,29)27-17-10-8-16(9-11-17)26-23-18-12-20(30-2)21(31-3)13-19(18)24-14-25-23;1-13-4-9-20(30-13)31(26,27)25-15-7-5-14(6-8-15)24-21-16-10-18(28-2)19(29-3)11-17(16)22-12-23-21/h2*3-16,30H,1-2H3,(H,27,28,29);4-14,27H,1-3H3,(H,24,25,26);4-12,25H,1-3H3,(H,22,23,24). The summed E-state index contributed by atoms with van der Waals surface area (Å²) in [6.07, 6.45) is 5.84. The molecular formula is C96H86N16O16S5. The van der Waals surface area contributed by atoms with Gasteiger partial charge in [0, 0.05) is 102 Å². The highest BCUT2D eigenvalue weighted by Crippen LogP contribution is 2.41. The van der Waals surface area contributed by atoms with Gasteiger partial charge in [0.1, 0.15) is 52.8 Å². The average molecular weight is 1880 g/mol. The minimum Gasteiger partial charge on any atom is -0.493 e. The Labute approximate surface area is 770 Å². The normalized spacial score (nSPS) is 11.3. The molecule has 37 heteroatoms. The Kier molecular flexibility index (Phi) is 27.9. The van der Waals surface area contributed by atoms with Gasteiger partial charge in [0.25, 0.3) is 40.1 Å². The summed E-state index contributed by atoms with van der Waals surface area (Å²) in [6.45, 7) is 3.63. The van der Waals surface area contributed by atoms with Crippen molar-refractivity contribution in [2.24, 2.45) is 0 Å². The summed E-state index contributed by atoms with van der Waals surface area (Å²) in [5.74, 6) is 6.93. The van der Waals surface area contributed by atoms with E-state index in [0.29, 0.717) is 125 Å². The highest BCUT2D eigenvalue weighted by molar-refractivity contribution is 7.95. The van der Waals surface area contributed by atoms with Crippen LogP contribution in [0.15, 0.2) is 311 Å². The molecule has 5 aromatic heterocycles. The smallest absolute Gasteiger partial charge is 0.271 e. The molecule has 18 aromatic rings. The van der Waals surface area contributed by atoms with Gasteiger partial charge in [0.05, 0.1) is 93.6 Å². The van der Waals surface area contributed by atoms with Gasteiger partial charge in [0.2, 0.25) is 0 Å². The molecule has 0 fully saturated rings. The van der Waals surface area contributed by atoms with Crippen molar-refractivity contribution in [3.05, 3.63) is 303 Å². The molecule has 0 saturated heterocycles. The van der Waals surface area contributed by atoms with Crippen LogP contribution in [0.3, 0.4) is 0 Å². The summed E-state index contributed by atoms with van der Waals surface area (Å²) in [7, 11) is -2.24. The minimum absolute atomic E-state index is 0.204. The lowest BCUT2D eigenvalue weighted by molar-refractivity contribution is 0.356. The molecule has 8 N–H and O–H groups in total. The van der Waals surface area contributed by atoms with Crippen molar-refractivity contribution in [2.45, 2.75) is 32.7 Å². The number of rotatable bonds is 28. The van der Waals surface area contributed by atoms with Crippen LogP contribution in [-0.4, -0.2) is 130 Å². The van der Waals surface area contributed by atoms with E-state index >= 15 is 0 Å². The Morgan fingerprint density at radius 1 is 0.248 bits per heavy atom. The minimum atomic E-state index is -3.77. The Morgan fingerprint density at radius 3 is 0.910 bits per heavy atom. The molecule has 676 valence electrons. The van der Waals surface area contributed by atoms with Crippen molar-refractivity contribution in [1.29, 1.82) is 0 Å². The second kappa shape index (κ2) is 40.4. The van der Waals surface area contributed by atoms with Crippen molar-refractivity contribution in [3.8, 4) is 46.0 Å². The van der Waals surface area contributed by atoms with E-state index in [1.807, 2.05) is 73.7 Å². The zero-order valence-corrected chi connectivity index (χ0v) is 76.9. The van der Waals surface area contributed by atoms with E-state index in [-0.39, 0.29) is 18.9 Å². The van der Waals surface area contributed by atoms with Crippen LogP contribution in [0.25, 0.3) is 65.2 Å². The number of hydrogen-bond acceptors (Lipinski definition) is 29. The van der Waals surface area contributed by atoms with Gasteiger partial charge < -0.3 is 59.2 Å². The number of sulfonamides is 4. The molecule has 0 bridgehead atoms. The molecule has 18 rings (SSSR count). The van der Waals surface area contributed by atoms with Crippen LogP contribution in [0.2, 0.25) is 0 Å². The van der Waals surface area contributed by atoms with Crippen LogP contribution in [0, 0.1) is 13.8 Å². The Morgan fingerprint density at radius 2 is 0.549 bits per heavy atom. The Hall–Kier alpha value is -16.0. The van der Waals surface area contributed by atoms with Gasteiger partial charge in [0.15, 0.2) is 46.0 Å². The van der Waals surface area contributed by atoms with E-state index in [9.17, 15) is 33.7 Å². The number of anilines is 12. The van der Waals surface area contributed by atoms with Crippen LogP contribution in [-0.2, 0) is 40.1 Å². The lowest BCUT2D eigenvalue weighted by Gasteiger charge is -2.13. The topological polar surface area (TPSA) is 410 Å². The fourth-order valence-electron chi connectivity index (χ4n) is 14.0. The quantitative estimate of drug-likeness (QED) is 0.0226. The fourth-order valence-corrected chi connectivity index (χ4v) is 20.0. The number of hydrogen-bond donors (Lipinski definition) is 8. The van der Waals surface area contributed by atoms with Gasteiger partial charge in [-0.15, -0.1) is 11.3 Å². The number of aromatic nitrogens is 8. The van der Waals surface area contributed by atoms with E-state index in [0.717, 1.165) is 65.3 Å². The monoisotopic (exact) mass is 1880 g/mol. The molecular weight excluding hydrogens is 1790 g/mol. The highest BCUT2D eigenvalue weighted by atomic mass is 32.2. The number of nitrogens with one attached hydrogen (secondary N) is 8. The van der Waals surface area contributed by atoms with E-state index in [4.69, 9.17) is 37.9 Å².